The molecule has 134 valence electrons. The van der Waals surface area contributed by atoms with Crippen LogP contribution in [0.4, 0.5) is 0 Å². The molecule has 9 heteroatoms. The van der Waals surface area contributed by atoms with Crippen molar-refractivity contribution in [3.05, 3.63) is 51.8 Å². The largest absolute Gasteiger partial charge is 0.505 e. The third-order valence-corrected chi connectivity index (χ3v) is 3.66. The molecule has 0 aliphatic rings. The predicted octanol–water partition coefficient (Wildman–Crippen LogP) is 2.34. The lowest BCUT2D eigenvalue weighted by Gasteiger charge is -2.04. The molecule has 0 radical (unpaired) electrons. The summed E-state index contributed by atoms with van der Waals surface area (Å²) in [6, 6.07) is 6.05. The maximum Gasteiger partial charge on any atom is 0.322 e. The van der Waals surface area contributed by atoms with Crippen LogP contribution in [0.3, 0.4) is 0 Å². The highest BCUT2D eigenvalue weighted by molar-refractivity contribution is 6.42. The minimum atomic E-state index is -1.21. The fourth-order valence-electron chi connectivity index (χ4n) is 1.76. The molecule has 1 heterocycles. The molecule has 0 unspecified atom stereocenters. The van der Waals surface area contributed by atoms with Crippen LogP contribution in [0.25, 0.3) is 0 Å². The van der Waals surface area contributed by atoms with Crippen LogP contribution in [0.15, 0.2) is 30.5 Å². The highest BCUT2D eigenvalue weighted by Gasteiger charge is 2.13. The molecule has 0 saturated heterocycles. The van der Waals surface area contributed by atoms with Crippen molar-refractivity contribution in [1.29, 1.82) is 0 Å². The molecule has 0 aliphatic heterocycles. The van der Waals surface area contributed by atoms with Crippen LogP contribution < -0.4 is 10.1 Å². The van der Waals surface area contributed by atoms with Crippen LogP contribution >= 0.6 is 23.2 Å². The number of nitrogens with zero attached hydrogens (tertiary/aromatic N) is 1. The lowest BCUT2D eigenvalue weighted by molar-refractivity contribution is -0.135. The van der Waals surface area contributed by atoms with E-state index in [-0.39, 0.29) is 12.3 Å². The summed E-state index contributed by atoms with van der Waals surface area (Å²) in [5, 5.41) is 21.2. The topological polar surface area (TPSA) is 109 Å². The number of rotatable bonds is 5. The van der Waals surface area contributed by atoms with Crippen LogP contribution in [0.5, 0.6) is 11.5 Å². The number of halogens is 2. The number of ether oxygens (including phenoxy) is 1. The molecule has 1 aromatic carbocycles. The van der Waals surface area contributed by atoms with Crippen molar-refractivity contribution in [2.24, 2.45) is 0 Å². The van der Waals surface area contributed by atoms with Crippen molar-refractivity contribution < 1.29 is 24.5 Å². The van der Waals surface area contributed by atoms with Crippen LogP contribution in [0.2, 0.25) is 10.0 Å². The molecular formula is C17H12Cl2N2O5. The maximum atomic E-state index is 11.7. The Morgan fingerprint density at radius 1 is 1.23 bits per heavy atom. The van der Waals surface area contributed by atoms with Gasteiger partial charge in [0.05, 0.1) is 10.0 Å². The van der Waals surface area contributed by atoms with Gasteiger partial charge in [0.1, 0.15) is 24.7 Å². The van der Waals surface area contributed by atoms with Gasteiger partial charge < -0.3 is 20.3 Å². The zero-order valence-electron chi connectivity index (χ0n) is 13.1. The number of benzene rings is 1. The summed E-state index contributed by atoms with van der Waals surface area (Å²) in [6.45, 7) is -0.521. The summed E-state index contributed by atoms with van der Waals surface area (Å²) in [5.74, 6) is 3.52. The zero-order valence-corrected chi connectivity index (χ0v) is 14.6. The first-order chi connectivity index (χ1) is 12.4. The molecule has 0 atom stereocenters. The van der Waals surface area contributed by atoms with Gasteiger partial charge in [-0.3, -0.25) is 9.59 Å². The van der Waals surface area contributed by atoms with Gasteiger partial charge in [0.25, 0.3) is 5.91 Å². The van der Waals surface area contributed by atoms with Crippen molar-refractivity contribution in [3.8, 4) is 23.3 Å². The number of amides is 1. The number of carboxylic acid groups (broad SMARTS) is 1. The van der Waals surface area contributed by atoms with Crippen molar-refractivity contribution >= 4 is 35.1 Å². The van der Waals surface area contributed by atoms with E-state index in [1.54, 1.807) is 18.2 Å². The number of carboxylic acids is 1. The molecule has 7 nitrogen and oxygen atoms in total. The van der Waals surface area contributed by atoms with Gasteiger partial charge in [0, 0.05) is 17.8 Å². The minimum absolute atomic E-state index is 0.0551. The van der Waals surface area contributed by atoms with Gasteiger partial charge in [-0.1, -0.05) is 35.0 Å². The van der Waals surface area contributed by atoms with E-state index in [4.69, 9.17) is 33.0 Å². The Labute approximate surface area is 158 Å². The van der Waals surface area contributed by atoms with Crippen LogP contribution in [0, 0.1) is 11.8 Å². The number of aromatic hydroxyl groups is 1. The van der Waals surface area contributed by atoms with E-state index >= 15 is 0 Å². The van der Waals surface area contributed by atoms with Gasteiger partial charge in [-0.25, -0.2) is 4.98 Å². The van der Waals surface area contributed by atoms with E-state index in [1.165, 1.54) is 12.3 Å². The number of carbonyl (C=O) groups is 2. The molecule has 2 rings (SSSR count). The smallest absolute Gasteiger partial charge is 0.322 e. The molecule has 0 saturated carbocycles. The van der Waals surface area contributed by atoms with E-state index < -0.39 is 24.2 Å². The first-order valence-electron chi connectivity index (χ1n) is 7.12. The van der Waals surface area contributed by atoms with E-state index in [0.717, 1.165) is 0 Å². The Kier molecular flexibility index (Phi) is 6.67. The highest BCUT2D eigenvalue weighted by atomic mass is 35.5. The number of aromatic nitrogens is 1. The summed E-state index contributed by atoms with van der Waals surface area (Å²) in [5.41, 5.74) is 0.0684. The molecule has 0 spiro atoms. The Balaban J connectivity index is 1.97. The van der Waals surface area contributed by atoms with Gasteiger partial charge in [0.2, 0.25) is 0 Å². The minimum Gasteiger partial charge on any atom is -0.505 e. The molecule has 2 aromatic rings. The Bertz CT molecular complexity index is 906. The molecule has 3 N–H and O–H groups in total. The second-order valence-corrected chi connectivity index (χ2v) is 5.65. The predicted molar refractivity (Wildman–Crippen MR) is 94.7 cm³/mol. The summed E-state index contributed by atoms with van der Waals surface area (Å²) in [7, 11) is 0. The third kappa shape index (κ3) is 5.55. The maximum absolute atomic E-state index is 11.7. The Morgan fingerprint density at radius 2 is 2.00 bits per heavy atom. The van der Waals surface area contributed by atoms with E-state index in [0.29, 0.717) is 21.4 Å². The van der Waals surface area contributed by atoms with Gasteiger partial charge in [0.15, 0.2) is 5.69 Å². The average molecular weight is 395 g/mol. The number of hydrogen-bond acceptors (Lipinski definition) is 5. The molecule has 1 amide bonds. The summed E-state index contributed by atoms with van der Waals surface area (Å²) in [6.07, 6.45) is 1.28. The van der Waals surface area contributed by atoms with Gasteiger partial charge in [-0.2, -0.15) is 0 Å². The number of aliphatic carboxylic acids is 1. The first-order valence-corrected chi connectivity index (χ1v) is 7.88. The van der Waals surface area contributed by atoms with Crippen LogP contribution in [0.1, 0.15) is 16.1 Å². The lowest BCUT2D eigenvalue weighted by Crippen LogP contribution is -2.29. The summed E-state index contributed by atoms with van der Waals surface area (Å²) in [4.78, 5) is 25.9. The molecular weight excluding hydrogens is 383 g/mol. The van der Waals surface area contributed by atoms with E-state index in [2.05, 4.69) is 22.1 Å². The first kappa shape index (κ1) is 19.4. The normalized spacial score (nSPS) is 9.77. The van der Waals surface area contributed by atoms with Gasteiger partial charge in [-0.05, 0) is 18.2 Å². The average Bonchev–Trinajstić information content (AvgIpc) is 2.59. The number of nitrogens with one attached hydrogen (secondary N) is 1. The third-order valence-electron chi connectivity index (χ3n) is 2.92. The monoisotopic (exact) mass is 394 g/mol. The fraction of sp³-hybridized carbons (Fsp3) is 0.118. The number of hydrogen-bond donors (Lipinski definition) is 3. The van der Waals surface area contributed by atoms with Gasteiger partial charge in [-0.15, -0.1) is 0 Å². The standard InChI is InChI=1S/C17H12Cl2N2O5/c18-12-4-3-11(7-13(12)19)26-5-1-2-10-6-14(22)16(20-8-10)17(25)21-9-15(23)24/h3-4,6-8,22H,5,9H2,(H,21,25)(H,23,24). The SMILES string of the molecule is O=C(O)CNC(=O)c1ncc(C#CCOc2ccc(Cl)c(Cl)c2)cc1O. The van der Waals surface area contributed by atoms with E-state index in [1.807, 2.05) is 0 Å². The Hall–Kier alpha value is -2.95. The number of pyridine rings is 1. The van der Waals surface area contributed by atoms with Crippen LogP contribution in [-0.2, 0) is 4.79 Å². The molecule has 1 aromatic heterocycles. The van der Waals surface area contributed by atoms with Crippen molar-refractivity contribution in [3.63, 3.8) is 0 Å². The van der Waals surface area contributed by atoms with Gasteiger partial charge >= 0.3 is 5.97 Å². The second kappa shape index (κ2) is 8.94. The zero-order chi connectivity index (χ0) is 19.1. The molecule has 0 aliphatic carbocycles. The second-order valence-electron chi connectivity index (χ2n) is 4.83. The fourth-order valence-corrected chi connectivity index (χ4v) is 2.05. The highest BCUT2D eigenvalue weighted by Crippen LogP contribution is 2.26. The molecule has 0 fully saturated rings. The molecule has 26 heavy (non-hydrogen) atoms. The molecule has 0 bridgehead atoms. The van der Waals surface area contributed by atoms with Crippen molar-refractivity contribution in [1.82, 2.24) is 10.3 Å². The van der Waals surface area contributed by atoms with Crippen molar-refractivity contribution in [2.45, 2.75) is 0 Å². The number of carbonyl (C=O) groups excluding carboxylic acids is 1. The van der Waals surface area contributed by atoms with E-state index in [9.17, 15) is 14.7 Å². The summed E-state index contributed by atoms with van der Waals surface area (Å²) < 4.78 is 5.39. The Morgan fingerprint density at radius 3 is 2.65 bits per heavy atom. The van der Waals surface area contributed by atoms with Crippen molar-refractivity contribution in [2.75, 3.05) is 13.2 Å². The van der Waals surface area contributed by atoms with Crippen LogP contribution in [-0.4, -0.2) is 40.2 Å². The summed E-state index contributed by atoms with van der Waals surface area (Å²) >= 11 is 11.7. The lowest BCUT2D eigenvalue weighted by atomic mass is 10.2. The quantitative estimate of drug-likeness (QED) is 0.671.